The molecule has 0 aliphatic rings. The van der Waals surface area contributed by atoms with Gasteiger partial charge < -0.3 is 0 Å². The Morgan fingerprint density at radius 3 is 2.32 bits per heavy atom. The molecule has 0 atom stereocenters. The van der Waals surface area contributed by atoms with Gasteiger partial charge in [-0.3, -0.25) is 5.43 Å². The van der Waals surface area contributed by atoms with E-state index in [0.29, 0.717) is 5.82 Å². The second-order valence-corrected chi connectivity index (χ2v) is 5.64. The van der Waals surface area contributed by atoms with Crippen LogP contribution < -0.4 is 5.43 Å². The van der Waals surface area contributed by atoms with Crippen molar-refractivity contribution in [2.75, 3.05) is 5.43 Å². The summed E-state index contributed by atoms with van der Waals surface area (Å²) in [6, 6.07) is 26.5. The molecule has 4 rings (SSSR count). The van der Waals surface area contributed by atoms with Gasteiger partial charge in [0, 0.05) is 10.8 Å². The molecule has 1 heterocycles. The molecular weight excluding hydrogens is 308 g/mol. The minimum absolute atomic E-state index is 0.648. The van der Waals surface area contributed by atoms with Gasteiger partial charge in [0.05, 0.1) is 12.4 Å². The Morgan fingerprint density at radius 2 is 1.48 bits per heavy atom. The molecule has 3 aromatic carbocycles. The lowest BCUT2D eigenvalue weighted by molar-refractivity contribution is 1.04. The van der Waals surface area contributed by atoms with Crippen LogP contribution in [0, 0.1) is 0 Å². The van der Waals surface area contributed by atoms with Crippen molar-refractivity contribution in [2.24, 2.45) is 5.10 Å². The van der Waals surface area contributed by atoms with E-state index < -0.39 is 0 Å². The van der Waals surface area contributed by atoms with Crippen LogP contribution in [0.25, 0.3) is 21.9 Å². The maximum absolute atomic E-state index is 4.29. The van der Waals surface area contributed by atoms with Crippen molar-refractivity contribution >= 4 is 22.8 Å². The Kier molecular flexibility index (Phi) is 4.16. The van der Waals surface area contributed by atoms with Gasteiger partial charge in [-0.05, 0) is 16.7 Å². The second-order valence-electron chi connectivity index (χ2n) is 5.64. The van der Waals surface area contributed by atoms with E-state index in [9.17, 15) is 0 Å². The lowest BCUT2D eigenvalue weighted by Crippen LogP contribution is -1.96. The molecule has 0 fully saturated rings. The Balaban J connectivity index is 1.50. The van der Waals surface area contributed by atoms with Gasteiger partial charge in [-0.2, -0.15) is 10.2 Å². The zero-order chi connectivity index (χ0) is 16.9. The van der Waals surface area contributed by atoms with Gasteiger partial charge >= 0.3 is 0 Å². The fourth-order valence-electron chi connectivity index (χ4n) is 2.67. The van der Waals surface area contributed by atoms with Gasteiger partial charge in [0.2, 0.25) is 0 Å². The van der Waals surface area contributed by atoms with E-state index in [2.05, 4.69) is 45.0 Å². The van der Waals surface area contributed by atoms with E-state index in [1.54, 1.807) is 12.4 Å². The smallest absolute Gasteiger partial charge is 0.176 e. The summed E-state index contributed by atoms with van der Waals surface area (Å²) in [5.74, 6) is 0.648. The molecule has 0 amide bonds. The Morgan fingerprint density at radius 1 is 0.760 bits per heavy atom. The lowest BCUT2D eigenvalue weighted by Gasteiger charge is -2.03. The van der Waals surface area contributed by atoms with E-state index in [1.807, 2.05) is 54.6 Å². The Hall–Kier alpha value is -3.53. The van der Waals surface area contributed by atoms with Crippen LogP contribution in [-0.4, -0.2) is 16.4 Å². The lowest BCUT2D eigenvalue weighted by atomic mass is 10.0. The SMILES string of the molecule is C(=NNc1nncc2ccccc12)c1ccc(-c2ccccc2)cc1. The zero-order valence-electron chi connectivity index (χ0n) is 13.5. The first-order valence-corrected chi connectivity index (χ1v) is 8.05. The van der Waals surface area contributed by atoms with Crippen LogP contribution in [0.4, 0.5) is 5.82 Å². The molecule has 0 unspecified atom stereocenters. The molecule has 4 heteroatoms. The van der Waals surface area contributed by atoms with E-state index in [1.165, 1.54) is 11.1 Å². The van der Waals surface area contributed by atoms with Crippen LogP contribution >= 0.6 is 0 Å². The van der Waals surface area contributed by atoms with E-state index in [4.69, 9.17) is 0 Å². The van der Waals surface area contributed by atoms with E-state index >= 15 is 0 Å². The van der Waals surface area contributed by atoms with Crippen LogP contribution in [0.3, 0.4) is 0 Å². The summed E-state index contributed by atoms with van der Waals surface area (Å²) in [4.78, 5) is 0. The van der Waals surface area contributed by atoms with Crippen molar-refractivity contribution in [1.82, 2.24) is 10.2 Å². The Bertz CT molecular complexity index is 1000. The molecule has 0 radical (unpaired) electrons. The van der Waals surface area contributed by atoms with Crippen molar-refractivity contribution in [3.05, 3.63) is 90.6 Å². The zero-order valence-corrected chi connectivity index (χ0v) is 13.5. The summed E-state index contributed by atoms with van der Waals surface area (Å²) < 4.78 is 0. The first kappa shape index (κ1) is 15.0. The summed E-state index contributed by atoms with van der Waals surface area (Å²) in [6.07, 6.45) is 3.52. The number of anilines is 1. The van der Waals surface area contributed by atoms with Crippen molar-refractivity contribution in [3.8, 4) is 11.1 Å². The minimum Gasteiger partial charge on any atom is -0.259 e. The summed E-state index contributed by atoms with van der Waals surface area (Å²) in [5, 5.41) is 14.4. The van der Waals surface area contributed by atoms with Gasteiger partial charge in [-0.1, -0.05) is 78.9 Å². The maximum Gasteiger partial charge on any atom is 0.176 e. The summed E-state index contributed by atoms with van der Waals surface area (Å²) in [7, 11) is 0. The normalized spacial score (nSPS) is 11.0. The number of nitrogens with one attached hydrogen (secondary N) is 1. The van der Waals surface area contributed by atoms with Gasteiger partial charge in [0.1, 0.15) is 0 Å². The number of hydrogen-bond acceptors (Lipinski definition) is 4. The molecule has 0 saturated carbocycles. The van der Waals surface area contributed by atoms with Crippen molar-refractivity contribution in [2.45, 2.75) is 0 Å². The predicted molar refractivity (Wildman–Crippen MR) is 103 cm³/mol. The first-order chi connectivity index (χ1) is 12.4. The largest absolute Gasteiger partial charge is 0.259 e. The van der Waals surface area contributed by atoms with Crippen LogP contribution in [-0.2, 0) is 0 Å². The summed E-state index contributed by atoms with van der Waals surface area (Å²) in [5.41, 5.74) is 6.38. The van der Waals surface area contributed by atoms with Crippen LogP contribution in [0.2, 0.25) is 0 Å². The fraction of sp³-hybridized carbons (Fsp3) is 0. The molecule has 25 heavy (non-hydrogen) atoms. The monoisotopic (exact) mass is 324 g/mol. The van der Waals surface area contributed by atoms with E-state index in [-0.39, 0.29) is 0 Å². The number of hydrazone groups is 1. The number of hydrogen-bond donors (Lipinski definition) is 1. The van der Waals surface area contributed by atoms with Crippen molar-refractivity contribution in [1.29, 1.82) is 0 Å². The minimum atomic E-state index is 0.648. The third kappa shape index (κ3) is 3.38. The molecule has 4 nitrogen and oxygen atoms in total. The maximum atomic E-state index is 4.29. The van der Waals surface area contributed by atoms with Gasteiger partial charge in [-0.15, -0.1) is 5.10 Å². The molecule has 1 N–H and O–H groups in total. The average molecular weight is 324 g/mol. The van der Waals surface area contributed by atoms with Gasteiger partial charge in [-0.25, -0.2) is 0 Å². The number of benzene rings is 3. The standard InChI is InChI=1S/C21H16N4/c1-2-6-17(7-3-1)18-12-10-16(11-13-18)14-22-24-21-20-9-5-4-8-19(20)15-23-25-21/h1-15H,(H,24,25). The first-order valence-electron chi connectivity index (χ1n) is 8.05. The quantitative estimate of drug-likeness (QED) is 0.435. The summed E-state index contributed by atoms with van der Waals surface area (Å²) in [6.45, 7) is 0. The van der Waals surface area contributed by atoms with Crippen LogP contribution in [0.15, 0.2) is 90.2 Å². The van der Waals surface area contributed by atoms with Crippen molar-refractivity contribution < 1.29 is 0 Å². The second kappa shape index (κ2) is 6.93. The highest BCUT2D eigenvalue weighted by Gasteiger charge is 2.01. The number of fused-ring (bicyclic) bond motifs is 1. The Labute approximate surface area is 145 Å². The molecule has 1 aromatic heterocycles. The number of rotatable bonds is 4. The molecule has 0 spiro atoms. The van der Waals surface area contributed by atoms with Gasteiger partial charge in [0.15, 0.2) is 5.82 Å². The molecule has 0 saturated heterocycles. The molecule has 120 valence electrons. The molecule has 0 bridgehead atoms. The van der Waals surface area contributed by atoms with Crippen LogP contribution in [0.1, 0.15) is 5.56 Å². The fourth-order valence-corrected chi connectivity index (χ4v) is 2.67. The third-order valence-electron chi connectivity index (χ3n) is 3.97. The van der Waals surface area contributed by atoms with E-state index in [0.717, 1.165) is 16.3 Å². The topological polar surface area (TPSA) is 50.2 Å². The van der Waals surface area contributed by atoms with Gasteiger partial charge in [0.25, 0.3) is 0 Å². The van der Waals surface area contributed by atoms with Crippen LogP contribution in [0.5, 0.6) is 0 Å². The molecular formula is C21H16N4. The molecule has 4 aromatic rings. The highest BCUT2D eigenvalue weighted by atomic mass is 15.3. The average Bonchev–Trinajstić information content (AvgIpc) is 2.69. The molecule has 0 aliphatic carbocycles. The third-order valence-corrected chi connectivity index (χ3v) is 3.97. The highest BCUT2D eigenvalue weighted by molar-refractivity contribution is 5.91. The number of nitrogens with zero attached hydrogens (tertiary/aromatic N) is 3. The predicted octanol–water partition coefficient (Wildman–Crippen LogP) is 4.74. The summed E-state index contributed by atoms with van der Waals surface area (Å²) >= 11 is 0. The number of aromatic nitrogens is 2. The molecule has 0 aliphatic heterocycles. The highest BCUT2D eigenvalue weighted by Crippen LogP contribution is 2.20. The van der Waals surface area contributed by atoms with Crippen molar-refractivity contribution in [3.63, 3.8) is 0 Å².